The predicted molar refractivity (Wildman–Crippen MR) is 129 cm³/mol. The Bertz CT molecular complexity index is 1020. The Morgan fingerprint density at radius 3 is 2.26 bits per heavy atom. The fourth-order valence-corrected chi connectivity index (χ4v) is 4.22. The Morgan fingerprint density at radius 1 is 1.09 bits per heavy atom. The Labute approximate surface area is 199 Å². The van der Waals surface area contributed by atoms with Gasteiger partial charge in [0.1, 0.15) is 5.52 Å². The molecule has 1 aromatic heterocycles. The molecule has 184 valence electrons. The van der Waals surface area contributed by atoms with E-state index in [0.29, 0.717) is 23.8 Å². The lowest BCUT2D eigenvalue weighted by molar-refractivity contribution is -0.134. The van der Waals surface area contributed by atoms with Gasteiger partial charge in [-0.1, -0.05) is 18.6 Å². The lowest BCUT2D eigenvalue weighted by atomic mass is 9.84. The molecule has 9 heteroatoms. The molecule has 0 atom stereocenters. The van der Waals surface area contributed by atoms with E-state index in [1.165, 1.54) is 25.8 Å². The summed E-state index contributed by atoms with van der Waals surface area (Å²) in [5.41, 5.74) is 1.50. The zero-order valence-electron chi connectivity index (χ0n) is 19.8. The summed E-state index contributed by atoms with van der Waals surface area (Å²) >= 11 is 0. The van der Waals surface area contributed by atoms with Crippen LogP contribution in [0.1, 0.15) is 62.4 Å². The highest BCUT2D eigenvalue weighted by Gasteiger charge is 2.26. The van der Waals surface area contributed by atoms with Gasteiger partial charge < -0.3 is 20.4 Å². The molecule has 0 bridgehead atoms. The van der Waals surface area contributed by atoms with Gasteiger partial charge in [-0.2, -0.15) is 5.10 Å². The average Bonchev–Trinajstić information content (AvgIpc) is 3.21. The van der Waals surface area contributed by atoms with Crippen LogP contribution < -0.4 is 5.32 Å². The van der Waals surface area contributed by atoms with Gasteiger partial charge >= 0.3 is 11.9 Å². The van der Waals surface area contributed by atoms with Crippen LogP contribution in [0, 0.1) is 5.92 Å². The number of benzene rings is 1. The van der Waals surface area contributed by atoms with Gasteiger partial charge in [-0.25, -0.2) is 9.59 Å². The number of aromatic nitrogens is 2. The van der Waals surface area contributed by atoms with E-state index in [0.717, 1.165) is 42.8 Å². The number of nitrogens with one attached hydrogen (secondary N) is 1. The Hall–Kier alpha value is -3.20. The molecule has 1 amide bonds. The lowest BCUT2D eigenvalue weighted by Gasteiger charge is -2.37. The molecule has 1 aliphatic heterocycles. The fraction of sp³-hybridized carbons (Fsp3) is 0.520. The van der Waals surface area contributed by atoms with Gasteiger partial charge in [0.2, 0.25) is 0 Å². The molecule has 1 saturated carbocycles. The molecule has 2 heterocycles. The van der Waals surface area contributed by atoms with Crippen LogP contribution >= 0.6 is 0 Å². The minimum absolute atomic E-state index is 0.0158. The number of piperidine rings is 1. The van der Waals surface area contributed by atoms with Gasteiger partial charge in [0, 0.05) is 55.5 Å². The summed E-state index contributed by atoms with van der Waals surface area (Å²) in [6.07, 6.45) is 9.47. The van der Waals surface area contributed by atoms with Crippen molar-refractivity contribution >= 4 is 28.7 Å². The van der Waals surface area contributed by atoms with Crippen molar-refractivity contribution in [3.63, 3.8) is 0 Å². The van der Waals surface area contributed by atoms with Crippen LogP contribution in [0.25, 0.3) is 10.9 Å². The van der Waals surface area contributed by atoms with E-state index in [1.807, 2.05) is 29.1 Å². The number of hydrogen-bond acceptors (Lipinski definition) is 5. The van der Waals surface area contributed by atoms with Crippen LogP contribution in [-0.2, 0) is 9.59 Å². The second kappa shape index (κ2) is 11.8. The van der Waals surface area contributed by atoms with Crippen LogP contribution in [-0.4, -0.2) is 68.4 Å². The van der Waals surface area contributed by atoms with Gasteiger partial charge in [-0.15, -0.1) is 0 Å². The number of carbonyl (C=O) groups is 3. The van der Waals surface area contributed by atoms with E-state index >= 15 is 0 Å². The molecule has 34 heavy (non-hydrogen) atoms. The van der Waals surface area contributed by atoms with Crippen LogP contribution in [0.5, 0.6) is 0 Å². The maximum Gasteiger partial charge on any atom is 0.328 e. The molecule has 9 nitrogen and oxygen atoms in total. The van der Waals surface area contributed by atoms with Crippen LogP contribution in [0.3, 0.4) is 0 Å². The smallest absolute Gasteiger partial charge is 0.328 e. The summed E-state index contributed by atoms with van der Waals surface area (Å²) in [5, 5.41) is 24.5. The molecule has 0 spiro atoms. The van der Waals surface area contributed by atoms with Crippen molar-refractivity contribution in [2.45, 2.75) is 58.0 Å². The zero-order chi connectivity index (χ0) is 24.7. The minimum atomic E-state index is -1.26. The van der Waals surface area contributed by atoms with Crippen molar-refractivity contribution in [1.82, 2.24) is 20.0 Å². The normalized spacial score (nSPS) is 17.4. The monoisotopic (exact) mass is 470 g/mol. The largest absolute Gasteiger partial charge is 0.478 e. The van der Waals surface area contributed by atoms with Crippen molar-refractivity contribution in [2.75, 3.05) is 19.6 Å². The first-order valence-corrected chi connectivity index (χ1v) is 11.9. The standard InChI is InChI=1S/C21H30N4O.C4H4O4/c1-15(2)25-14-17-7-4-8-19(20(17)23-25)21(26)22-18-9-11-24(12-10-18)13-16-5-3-6-16;5-3(6)1-2-4(7)8/h4,7-8,14-16,18H,3,5-6,9-13H2,1-2H3,(H,22,26);1-2H,(H,5,6)(H,7,8)/b;2-1+. The minimum Gasteiger partial charge on any atom is -0.478 e. The molecule has 0 unspecified atom stereocenters. The highest BCUT2D eigenvalue weighted by atomic mass is 16.4. The van der Waals surface area contributed by atoms with E-state index in [4.69, 9.17) is 10.2 Å². The molecule has 3 N–H and O–H groups in total. The Kier molecular flexibility index (Phi) is 8.81. The third-order valence-corrected chi connectivity index (χ3v) is 6.36. The van der Waals surface area contributed by atoms with Gasteiger partial charge in [0.25, 0.3) is 5.91 Å². The molecular weight excluding hydrogens is 436 g/mol. The average molecular weight is 471 g/mol. The van der Waals surface area contributed by atoms with Crippen molar-refractivity contribution in [2.24, 2.45) is 5.92 Å². The lowest BCUT2D eigenvalue weighted by Crippen LogP contribution is -2.46. The number of aliphatic carboxylic acids is 2. The molecule has 1 aliphatic carbocycles. The quantitative estimate of drug-likeness (QED) is 0.530. The topological polar surface area (TPSA) is 125 Å². The van der Waals surface area contributed by atoms with Gasteiger partial charge in [0.15, 0.2) is 0 Å². The highest BCUT2D eigenvalue weighted by molar-refractivity contribution is 6.05. The van der Waals surface area contributed by atoms with E-state index in [2.05, 4.69) is 29.2 Å². The molecule has 1 aromatic carbocycles. The fourth-order valence-electron chi connectivity index (χ4n) is 4.22. The highest BCUT2D eigenvalue weighted by Crippen LogP contribution is 2.28. The molecular formula is C25H34N4O5. The molecule has 2 aromatic rings. The number of carboxylic acid groups (broad SMARTS) is 2. The van der Waals surface area contributed by atoms with Crippen LogP contribution in [0.15, 0.2) is 36.5 Å². The summed E-state index contributed by atoms with van der Waals surface area (Å²) in [7, 11) is 0. The number of likely N-dealkylation sites (tertiary alicyclic amines) is 1. The number of fused-ring (bicyclic) bond motifs is 1. The number of carboxylic acids is 2. The SMILES string of the molecule is CC(C)n1cc2cccc(C(=O)NC3CCN(CC4CCC4)CC3)c2n1.O=C(O)/C=C/C(=O)O. The third-order valence-electron chi connectivity index (χ3n) is 6.36. The maximum absolute atomic E-state index is 12.8. The van der Waals surface area contributed by atoms with Crippen molar-refractivity contribution in [3.05, 3.63) is 42.1 Å². The number of nitrogens with zero attached hydrogens (tertiary/aromatic N) is 3. The summed E-state index contributed by atoms with van der Waals surface area (Å²) < 4.78 is 1.93. The third kappa shape index (κ3) is 7.15. The molecule has 4 rings (SSSR count). The van der Waals surface area contributed by atoms with E-state index in [-0.39, 0.29) is 11.9 Å². The first kappa shape index (κ1) is 25.4. The summed E-state index contributed by atoms with van der Waals surface area (Å²) in [5.74, 6) is -1.57. The van der Waals surface area contributed by atoms with Gasteiger partial charge in [-0.05, 0) is 51.5 Å². The first-order chi connectivity index (χ1) is 16.2. The molecule has 2 fully saturated rings. The zero-order valence-corrected chi connectivity index (χ0v) is 19.8. The van der Waals surface area contributed by atoms with Crippen molar-refractivity contribution < 1.29 is 24.6 Å². The Morgan fingerprint density at radius 2 is 1.74 bits per heavy atom. The Balaban J connectivity index is 0.000000350. The van der Waals surface area contributed by atoms with E-state index < -0.39 is 11.9 Å². The second-order valence-electron chi connectivity index (χ2n) is 9.30. The second-order valence-corrected chi connectivity index (χ2v) is 9.30. The van der Waals surface area contributed by atoms with Gasteiger partial charge in [-0.3, -0.25) is 9.48 Å². The number of hydrogen-bond donors (Lipinski definition) is 3. The van der Waals surface area contributed by atoms with E-state index in [9.17, 15) is 14.4 Å². The molecule has 2 aliphatic rings. The summed E-state index contributed by atoms with van der Waals surface area (Å²) in [6, 6.07) is 6.43. The maximum atomic E-state index is 12.8. The number of carbonyl (C=O) groups excluding carboxylic acids is 1. The van der Waals surface area contributed by atoms with Gasteiger partial charge in [0.05, 0.1) is 5.56 Å². The first-order valence-electron chi connectivity index (χ1n) is 11.9. The molecule has 1 saturated heterocycles. The van der Waals surface area contributed by atoms with Crippen LogP contribution in [0.4, 0.5) is 0 Å². The van der Waals surface area contributed by atoms with E-state index in [1.54, 1.807) is 0 Å². The molecule has 0 radical (unpaired) electrons. The van der Waals surface area contributed by atoms with Crippen molar-refractivity contribution in [1.29, 1.82) is 0 Å². The predicted octanol–water partition coefficient (Wildman–Crippen LogP) is 3.32. The summed E-state index contributed by atoms with van der Waals surface area (Å²) in [6.45, 7) is 7.67. The summed E-state index contributed by atoms with van der Waals surface area (Å²) in [4.78, 5) is 34.5. The van der Waals surface area contributed by atoms with Crippen molar-refractivity contribution in [3.8, 4) is 0 Å². The number of amides is 1. The van der Waals surface area contributed by atoms with Crippen LogP contribution in [0.2, 0.25) is 0 Å². The number of rotatable bonds is 7.